The Labute approximate surface area is 82.6 Å². The van der Waals surface area contributed by atoms with Gasteiger partial charge >= 0.3 is 0 Å². The Morgan fingerprint density at radius 1 is 1.46 bits per heavy atom. The van der Waals surface area contributed by atoms with Gasteiger partial charge in [-0.05, 0) is 31.6 Å². The molecule has 0 amide bonds. The molecule has 4 heteroatoms. The van der Waals surface area contributed by atoms with Crippen molar-refractivity contribution in [3.05, 3.63) is 5.01 Å². The molecule has 0 unspecified atom stereocenters. The van der Waals surface area contributed by atoms with Gasteiger partial charge < -0.3 is 5.32 Å². The van der Waals surface area contributed by atoms with Gasteiger partial charge in [0.15, 0.2) is 0 Å². The number of anilines is 1. The van der Waals surface area contributed by atoms with Crippen molar-refractivity contribution < 1.29 is 0 Å². The predicted octanol–water partition coefficient (Wildman–Crippen LogP) is 2.45. The average molecular weight is 197 g/mol. The van der Waals surface area contributed by atoms with Gasteiger partial charge in [-0.25, -0.2) is 0 Å². The van der Waals surface area contributed by atoms with Crippen LogP contribution in [0.3, 0.4) is 0 Å². The number of hydrogen-bond acceptors (Lipinski definition) is 4. The van der Waals surface area contributed by atoms with Gasteiger partial charge in [0.05, 0.1) is 0 Å². The molecular formula is C9H15N3S. The summed E-state index contributed by atoms with van der Waals surface area (Å²) in [7, 11) is 0. The predicted molar refractivity (Wildman–Crippen MR) is 55.1 cm³/mol. The molecule has 13 heavy (non-hydrogen) atoms. The summed E-state index contributed by atoms with van der Waals surface area (Å²) in [5.41, 5.74) is 0.632. The minimum Gasteiger partial charge on any atom is -0.360 e. The van der Waals surface area contributed by atoms with E-state index >= 15 is 0 Å². The van der Waals surface area contributed by atoms with Crippen molar-refractivity contribution in [1.82, 2.24) is 10.2 Å². The van der Waals surface area contributed by atoms with Crippen molar-refractivity contribution in [1.29, 1.82) is 0 Å². The van der Waals surface area contributed by atoms with Gasteiger partial charge in [-0.15, -0.1) is 10.2 Å². The van der Waals surface area contributed by atoms with Crippen LogP contribution in [0.2, 0.25) is 0 Å². The van der Waals surface area contributed by atoms with Gasteiger partial charge in [0, 0.05) is 6.54 Å². The lowest BCUT2D eigenvalue weighted by Gasteiger charge is -2.07. The number of rotatable bonds is 4. The molecular weight excluding hydrogens is 182 g/mol. The van der Waals surface area contributed by atoms with Gasteiger partial charge in [-0.2, -0.15) is 0 Å². The van der Waals surface area contributed by atoms with Crippen molar-refractivity contribution in [3.63, 3.8) is 0 Å². The molecule has 1 heterocycles. The third-order valence-corrected chi connectivity index (χ3v) is 3.43. The third-order valence-electron chi connectivity index (χ3n) is 2.63. The molecule has 0 radical (unpaired) electrons. The maximum atomic E-state index is 4.01. The maximum Gasteiger partial charge on any atom is 0.205 e. The summed E-state index contributed by atoms with van der Waals surface area (Å²) in [4.78, 5) is 0. The largest absolute Gasteiger partial charge is 0.360 e. The van der Waals surface area contributed by atoms with Gasteiger partial charge in [-0.3, -0.25) is 0 Å². The molecule has 1 fully saturated rings. The molecule has 0 saturated heterocycles. The molecule has 0 aromatic carbocycles. The fraction of sp³-hybridized carbons (Fsp3) is 0.778. The second-order valence-corrected chi connectivity index (χ2v) is 5.30. The first kappa shape index (κ1) is 8.94. The van der Waals surface area contributed by atoms with E-state index in [9.17, 15) is 0 Å². The number of nitrogens with one attached hydrogen (secondary N) is 1. The topological polar surface area (TPSA) is 37.8 Å². The Balaban J connectivity index is 1.73. The van der Waals surface area contributed by atoms with E-state index in [0.29, 0.717) is 5.41 Å². The molecule has 1 saturated carbocycles. The van der Waals surface area contributed by atoms with E-state index in [2.05, 4.69) is 22.4 Å². The molecule has 1 aliphatic rings. The zero-order valence-corrected chi connectivity index (χ0v) is 8.95. The van der Waals surface area contributed by atoms with Crippen LogP contribution in [-0.2, 0) is 0 Å². The molecule has 3 nitrogen and oxygen atoms in total. The van der Waals surface area contributed by atoms with Crippen LogP contribution < -0.4 is 5.32 Å². The summed E-state index contributed by atoms with van der Waals surface area (Å²) in [6, 6.07) is 0. The molecule has 1 aromatic rings. The zero-order valence-electron chi connectivity index (χ0n) is 8.13. The normalized spacial score (nSPS) is 18.6. The highest BCUT2D eigenvalue weighted by Crippen LogP contribution is 2.47. The maximum absolute atomic E-state index is 4.01. The summed E-state index contributed by atoms with van der Waals surface area (Å²) in [6.45, 7) is 5.36. The summed E-state index contributed by atoms with van der Waals surface area (Å²) in [5, 5.41) is 13.3. The molecule has 1 aromatic heterocycles. The molecule has 2 rings (SSSR count). The van der Waals surface area contributed by atoms with Crippen molar-refractivity contribution in [3.8, 4) is 0 Å². The lowest BCUT2D eigenvalue weighted by Crippen LogP contribution is -2.06. The van der Waals surface area contributed by atoms with E-state index in [-0.39, 0.29) is 0 Å². The molecule has 0 atom stereocenters. The second kappa shape index (κ2) is 3.25. The quantitative estimate of drug-likeness (QED) is 0.805. The average Bonchev–Trinajstić information content (AvgIpc) is 2.65. The molecule has 0 aliphatic heterocycles. The Kier molecular flexibility index (Phi) is 2.24. The van der Waals surface area contributed by atoms with E-state index in [4.69, 9.17) is 0 Å². The Bertz CT molecular complexity index is 291. The first-order valence-corrected chi connectivity index (χ1v) is 5.54. The van der Waals surface area contributed by atoms with E-state index in [0.717, 1.165) is 16.7 Å². The minimum absolute atomic E-state index is 0.632. The minimum atomic E-state index is 0.632. The molecule has 1 aliphatic carbocycles. The Hall–Kier alpha value is -0.640. The van der Waals surface area contributed by atoms with Crippen molar-refractivity contribution in [2.75, 3.05) is 11.9 Å². The van der Waals surface area contributed by atoms with Crippen LogP contribution in [0.5, 0.6) is 0 Å². The highest BCUT2D eigenvalue weighted by Gasteiger charge is 2.36. The van der Waals surface area contributed by atoms with E-state index in [1.165, 1.54) is 19.3 Å². The van der Waals surface area contributed by atoms with Crippen LogP contribution in [0.4, 0.5) is 5.13 Å². The molecule has 0 bridgehead atoms. The van der Waals surface area contributed by atoms with Crippen LogP contribution >= 0.6 is 11.3 Å². The molecule has 0 spiro atoms. The van der Waals surface area contributed by atoms with E-state index < -0.39 is 0 Å². The van der Waals surface area contributed by atoms with Gasteiger partial charge in [0.1, 0.15) is 5.01 Å². The van der Waals surface area contributed by atoms with E-state index in [1.54, 1.807) is 11.3 Å². The first-order valence-electron chi connectivity index (χ1n) is 4.72. The fourth-order valence-electron chi connectivity index (χ4n) is 1.30. The van der Waals surface area contributed by atoms with E-state index in [1.807, 2.05) is 6.92 Å². The molecule has 72 valence electrons. The van der Waals surface area contributed by atoms with Crippen LogP contribution in [0.15, 0.2) is 0 Å². The monoisotopic (exact) mass is 197 g/mol. The Morgan fingerprint density at radius 2 is 2.23 bits per heavy atom. The van der Waals surface area contributed by atoms with Crippen molar-refractivity contribution >= 4 is 16.5 Å². The third kappa shape index (κ3) is 2.40. The summed E-state index contributed by atoms with van der Waals surface area (Å²) >= 11 is 1.63. The van der Waals surface area contributed by atoms with Gasteiger partial charge in [0.2, 0.25) is 5.13 Å². The van der Waals surface area contributed by atoms with Crippen molar-refractivity contribution in [2.24, 2.45) is 5.41 Å². The van der Waals surface area contributed by atoms with Crippen LogP contribution in [0.25, 0.3) is 0 Å². The number of nitrogens with zero attached hydrogens (tertiary/aromatic N) is 2. The van der Waals surface area contributed by atoms with Crippen LogP contribution in [-0.4, -0.2) is 16.7 Å². The number of hydrogen-bond donors (Lipinski definition) is 1. The summed E-state index contributed by atoms with van der Waals surface area (Å²) < 4.78 is 0. The first-order chi connectivity index (χ1) is 6.18. The summed E-state index contributed by atoms with van der Waals surface area (Å²) in [6.07, 6.45) is 4.04. The summed E-state index contributed by atoms with van der Waals surface area (Å²) in [5.74, 6) is 0. The van der Waals surface area contributed by atoms with Crippen molar-refractivity contribution in [2.45, 2.75) is 33.1 Å². The van der Waals surface area contributed by atoms with Crippen LogP contribution in [0.1, 0.15) is 31.2 Å². The van der Waals surface area contributed by atoms with Crippen LogP contribution in [0, 0.1) is 12.3 Å². The second-order valence-electron chi connectivity index (χ2n) is 4.11. The highest BCUT2D eigenvalue weighted by atomic mass is 32.1. The lowest BCUT2D eigenvalue weighted by atomic mass is 10.1. The van der Waals surface area contributed by atoms with Gasteiger partial charge in [-0.1, -0.05) is 18.3 Å². The lowest BCUT2D eigenvalue weighted by molar-refractivity contribution is 0.536. The molecule has 1 N–H and O–H groups in total. The smallest absolute Gasteiger partial charge is 0.205 e. The van der Waals surface area contributed by atoms with Gasteiger partial charge in [0.25, 0.3) is 0 Å². The zero-order chi connectivity index (χ0) is 9.31. The SMILES string of the molecule is Cc1nnc(NCCC2(C)CC2)s1. The number of aromatic nitrogens is 2. The number of aryl methyl sites for hydroxylation is 1. The fourth-order valence-corrected chi connectivity index (χ4v) is 1.92. The highest BCUT2D eigenvalue weighted by molar-refractivity contribution is 7.15. The Morgan fingerprint density at radius 3 is 2.77 bits per heavy atom. The standard InChI is InChI=1S/C9H15N3S/c1-7-11-12-8(13-7)10-6-5-9(2)3-4-9/h3-6H2,1-2H3,(H,10,12).